The first-order valence-corrected chi connectivity index (χ1v) is 12.0. The normalized spacial score (nSPS) is 13.2. The maximum atomic E-state index is 12.4. The van der Waals surface area contributed by atoms with Crippen LogP contribution in [0.25, 0.3) is 0 Å². The second-order valence-corrected chi connectivity index (χ2v) is 11.0. The van der Waals surface area contributed by atoms with Crippen molar-refractivity contribution in [1.29, 1.82) is 0 Å². The number of nitrogens with zero attached hydrogens (tertiary/aromatic N) is 1. The summed E-state index contributed by atoms with van der Waals surface area (Å²) < 4.78 is 54.1. The first kappa shape index (κ1) is 23.1. The molecule has 0 heterocycles. The quantitative estimate of drug-likeness (QED) is 0.679. The van der Waals surface area contributed by atoms with Gasteiger partial charge in [-0.05, 0) is 49.4 Å². The molecule has 0 saturated heterocycles. The van der Waals surface area contributed by atoms with Crippen molar-refractivity contribution in [3.05, 3.63) is 47.5 Å². The lowest BCUT2D eigenvalue weighted by Crippen LogP contribution is -2.30. The number of amides is 1. The summed E-state index contributed by atoms with van der Waals surface area (Å²) in [7, 11) is -4.36. The predicted molar refractivity (Wildman–Crippen MR) is 111 cm³/mol. The van der Waals surface area contributed by atoms with Crippen LogP contribution in [-0.2, 0) is 24.7 Å². The zero-order valence-corrected chi connectivity index (χ0v) is 18.6. The molecule has 0 aromatic heterocycles. The molecular weight excluding hydrogens is 440 g/mol. The number of carbonyl (C=O) groups excluding carboxylic acids is 1. The zero-order valence-electron chi connectivity index (χ0n) is 16.2. The Morgan fingerprint density at radius 3 is 2.17 bits per heavy atom. The van der Waals surface area contributed by atoms with Crippen molar-refractivity contribution >= 4 is 43.1 Å². The van der Waals surface area contributed by atoms with Crippen LogP contribution in [0.2, 0.25) is 5.02 Å². The smallest absolute Gasteiger partial charge is 0.265 e. The van der Waals surface area contributed by atoms with Crippen molar-refractivity contribution < 1.29 is 26.4 Å². The van der Waals surface area contributed by atoms with Crippen molar-refractivity contribution in [2.24, 2.45) is 0 Å². The van der Waals surface area contributed by atoms with Crippen molar-refractivity contribution in [2.75, 3.05) is 25.7 Å². The molecule has 1 unspecified atom stereocenters. The van der Waals surface area contributed by atoms with Gasteiger partial charge in [-0.3, -0.25) is 4.79 Å². The number of sulfone groups is 1. The minimum atomic E-state index is -3.78. The van der Waals surface area contributed by atoms with Gasteiger partial charge in [-0.25, -0.2) is 21.1 Å². The lowest BCUT2D eigenvalue weighted by atomic mass is 10.3. The molecule has 0 aliphatic heterocycles. The van der Waals surface area contributed by atoms with E-state index in [0.717, 1.165) is 10.6 Å². The van der Waals surface area contributed by atoms with Gasteiger partial charge in [-0.15, -0.1) is 0 Å². The Balaban J connectivity index is 2.14. The Hall–Kier alpha value is -2.14. The Morgan fingerprint density at radius 1 is 1.07 bits per heavy atom. The van der Waals surface area contributed by atoms with E-state index in [0.29, 0.717) is 5.75 Å². The van der Waals surface area contributed by atoms with Crippen LogP contribution in [0.5, 0.6) is 5.75 Å². The number of hydrogen-bond donors (Lipinski definition) is 1. The molecule has 0 aliphatic rings. The minimum Gasteiger partial charge on any atom is -0.481 e. The molecule has 0 fully saturated rings. The summed E-state index contributed by atoms with van der Waals surface area (Å²) in [4.78, 5) is 12.4. The van der Waals surface area contributed by atoms with Gasteiger partial charge in [0.25, 0.3) is 5.91 Å². The number of anilines is 1. The summed E-state index contributed by atoms with van der Waals surface area (Å²) in [6, 6.07) is 9.78. The maximum Gasteiger partial charge on any atom is 0.265 e. The fourth-order valence-electron chi connectivity index (χ4n) is 2.24. The van der Waals surface area contributed by atoms with E-state index in [4.69, 9.17) is 16.3 Å². The number of rotatable bonds is 7. The molecule has 0 aliphatic carbocycles. The minimum absolute atomic E-state index is 0.0342. The standard InChI is InChI=1S/C18H21ClN2O6S2/c1-12(27-14-6-8-15(9-7-14)28(4,23)24)18(22)20-13-5-10-16(19)17(11-13)29(25,26)21(2)3/h5-12H,1-4H3,(H,20,22). The molecule has 0 spiro atoms. The van der Waals surface area contributed by atoms with Crippen LogP contribution in [0.3, 0.4) is 0 Å². The molecular formula is C18H21ClN2O6S2. The van der Waals surface area contributed by atoms with E-state index in [9.17, 15) is 21.6 Å². The van der Waals surface area contributed by atoms with Crippen molar-refractivity contribution in [3.8, 4) is 5.75 Å². The molecule has 0 bridgehead atoms. The SMILES string of the molecule is CC(Oc1ccc(S(C)(=O)=O)cc1)C(=O)Nc1ccc(Cl)c(S(=O)(=O)N(C)C)c1. The second kappa shape index (κ2) is 8.70. The van der Waals surface area contributed by atoms with E-state index in [1.54, 1.807) is 0 Å². The van der Waals surface area contributed by atoms with Crippen LogP contribution in [0, 0.1) is 0 Å². The number of sulfonamides is 1. The molecule has 158 valence electrons. The molecule has 1 N–H and O–H groups in total. The van der Waals surface area contributed by atoms with Gasteiger partial charge in [0.2, 0.25) is 10.0 Å². The number of halogens is 1. The van der Waals surface area contributed by atoms with E-state index in [1.165, 1.54) is 63.5 Å². The number of ether oxygens (including phenoxy) is 1. The van der Waals surface area contributed by atoms with E-state index in [-0.39, 0.29) is 20.5 Å². The van der Waals surface area contributed by atoms with E-state index in [1.807, 2.05) is 0 Å². The molecule has 1 amide bonds. The number of nitrogens with one attached hydrogen (secondary N) is 1. The number of hydrogen-bond acceptors (Lipinski definition) is 6. The van der Waals surface area contributed by atoms with Crippen LogP contribution in [-0.4, -0.2) is 53.5 Å². The highest BCUT2D eigenvalue weighted by atomic mass is 35.5. The molecule has 29 heavy (non-hydrogen) atoms. The van der Waals surface area contributed by atoms with Gasteiger partial charge >= 0.3 is 0 Å². The first-order chi connectivity index (χ1) is 13.3. The van der Waals surface area contributed by atoms with Gasteiger partial charge in [0.05, 0.1) is 9.92 Å². The third-order valence-electron chi connectivity index (χ3n) is 3.89. The van der Waals surface area contributed by atoms with E-state index >= 15 is 0 Å². The fraction of sp³-hybridized carbons (Fsp3) is 0.278. The zero-order chi connectivity index (χ0) is 22.0. The topological polar surface area (TPSA) is 110 Å². The van der Waals surface area contributed by atoms with Gasteiger partial charge < -0.3 is 10.1 Å². The molecule has 2 aromatic rings. The Kier molecular flexibility index (Phi) is 6.94. The highest BCUT2D eigenvalue weighted by Gasteiger charge is 2.22. The van der Waals surface area contributed by atoms with Crippen LogP contribution in [0.1, 0.15) is 6.92 Å². The van der Waals surface area contributed by atoms with Crippen LogP contribution < -0.4 is 10.1 Å². The van der Waals surface area contributed by atoms with Gasteiger partial charge in [-0.2, -0.15) is 0 Å². The van der Waals surface area contributed by atoms with Crippen LogP contribution >= 0.6 is 11.6 Å². The van der Waals surface area contributed by atoms with E-state index in [2.05, 4.69) is 5.32 Å². The lowest BCUT2D eigenvalue weighted by molar-refractivity contribution is -0.122. The second-order valence-electron chi connectivity index (χ2n) is 6.43. The third-order valence-corrected chi connectivity index (χ3v) is 7.32. The van der Waals surface area contributed by atoms with Crippen LogP contribution in [0.4, 0.5) is 5.69 Å². The predicted octanol–water partition coefficient (Wildman–Crippen LogP) is 2.40. The first-order valence-electron chi connectivity index (χ1n) is 8.32. The summed E-state index contributed by atoms with van der Waals surface area (Å²) >= 11 is 5.99. The molecule has 0 saturated carbocycles. The Labute approximate surface area is 175 Å². The molecule has 0 radical (unpaired) electrons. The van der Waals surface area contributed by atoms with Gasteiger partial charge in [0, 0.05) is 26.0 Å². The van der Waals surface area contributed by atoms with Gasteiger partial charge in [0.1, 0.15) is 10.6 Å². The van der Waals surface area contributed by atoms with Crippen molar-refractivity contribution in [1.82, 2.24) is 4.31 Å². The van der Waals surface area contributed by atoms with Crippen LogP contribution in [0.15, 0.2) is 52.3 Å². The summed E-state index contributed by atoms with van der Waals surface area (Å²) in [5.74, 6) is -0.209. The summed E-state index contributed by atoms with van der Waals surface area (Å²) in [5.41, 5.74) is 0.239. The third kappa shape index (κ3) is 5.69. The summed E-state index contributed by atoms with van der Waals surface area (Å²) in [6.07, 6.45) is 0.166. The lowest BCUT2D eigenvalue weighted by Gasteiger charge is -2.17. The van der Waals surface area contributed by atoms with Crippen molar-refractivity contribution in [2.45, 2.75) is 22.8 Å². The van der Waals surface area contributed by atoms with Crippen molar-refractivity contribution in [3.63, 3.8) is 0 Å². The molecule has 1 atom stereocenters. The fourth-order valence-corrected chi connectivity index (χ4v) is 4.27. The number of benzene rings is 2. The monoisotopic (exact) mass is 460 g/mol. The highest BCUT2D eigenvalue weighted by Crippen LogP contribution is 2.27. The molecule has 2 rings (SSSR count). The summed E-state index contributed by atoms with van der Waals surface area (Å²) in [6.45, 7) is 1.51. The Morgan fingerprint density at radius 2 is 1.66 bits per heavy atom. The average Bonchev–Trinajstić information content (AvgIpc) is 2.62. The molecule has 2 aromatic carbocycles. The largest absolute Gasteiger partial charge is 0.481 e. The van der Waals surface area contributed by atoms with Gasteiger partial charge in [0.15, 0.2) is 15.9 Å². The molecule has 11 heteroatoms. The van der Waals surface area contributed by atoms with E-state index < -0.39 is 31.9 Å². The number of carbonyl (C=O) groups is 1. The van der Waals surface area contributed by atoms with Gasteiger partial charge in [-0.1, -0.05) is 11.6 Å². The maximum absolute atomic E-state index is 12.4. The molecule has 8 nitrogen and oxygen atoms in total. The summed E-state index contributed by atoms with van der Waals surface area (Å²) in [5, 5.41) is 2.61. The highest BCUT2D eigenvalue weighted by molar-refractivity contribution is 7.90. The Bertz CT molecular complexity index is 1110. The average molecular weight is 461 g/mol.